The number of sulfonamides is 1. The monoisotopic (exact) mass is 367 g/mol. The summed E-state index contributed by atoms with van der Waals surface area (Å²) in [6.07, 6.45) is 6.71. The molecule has 2 aliphatic rings. The van der Waals surface area contributed by atoms with E-state index in [0.717, 1.165) is 25.7 Å². The summed E-state index contributed by atoms with van der Waals surface area (Å²) in [6, 6.07) is 3.35. The van der Waals surface area contributed by atoms with E-state index in [2.05, 4.69) is 9.71 Å². The van der Waals surface area contributed by atoms with E-state index in [-0.39, 0.29) is 18.5 Å². The fourth-order valence-corrected chi connectivity index (χ4v) is 5.30. The maximum atomic E-state index is 12.7. The van der Waals surface area contributed by atoms with Gasteiger partial charge in [0.05, 0.1) is 17.9 Å². The van der Waals surface area contributed by atoms with Gasteiger partial charge in [-0.05, 0) is 31.7 Å². The smallest absolute Gasteiger partial charge is 0.255 e. The number of ether oxygens (including phenoxy) is 1. The predicted molar refractivity (Wildman–Crippen MR) is 94.0 cm³/mol. The lowest BCUT2D eigenvalue weighted by atomic mass is 10.1. The third kappa shape index (κ3) is 4.30. The van der Waals surface area contributed by atoms with Crippen molar-refractivity contribution in [1.29, 1.82) is 0 Å². The molecule has 1 saturated heterocycles. The molecule has 3 rings (SSSR count). The molecule has 0 aromatic carbocycles. The van der Waals surface area contributed by atoms with Crippen molar-refractivity contribution in [2.24, 2.45) is 0 Å². The Morgan fingerprint density at radius 1 is 1.24 bits per heavy atom. The minimum atomic E-state index is -3.41. The van der Waals surface area contributed by atoms with Gasteiger partial charge in [0.25, 0.3) is 5.91 Å². The highest BCUT2D eigenvalue weighted by Crippen LogP contribution is 2.23. The molecule has 1 aliphatic carbocycles. The Hall–Kier alpha value is -1.67. The van der Waals surface area contributed by atoms with Crippen LogP contribution in [0.4, 0.5) is 0 Å². The van der Waals surface area contributed by atoms with Gasteiger partial charge in [-0.3, -0.25) is 4.79 Å². The molecule has 1 aromatic rings. The number of nitrogens with zero attached hydrogens (tertiary/aromatic N) is 2. The number of aromatic nitrogens is 1. The van der Waals surface area contributed by atoms with Crippen LogP contribution in [0.25, 0.3) is 0 Å². The summed E-state index contributed by atoms with van der Waals surface area (Å²) in [4.78, 5) is 18.3. The van der Waals surface area contributed by atoms with Crippen LogP contribution in [0, 0.1) is 0 Å². The fourth-order valence-electron chi connectivity index (χ4n) is 3.56. The quantitative estimate of drug-likeness (QED) is 0.853. The first-order valence-corrected chi connectivity index (χ1v) is 10.3. The van der Waals surface area contributed by atoms with Crippen LogP contribution < -0.4 is 9.46 Å². The van der Waals surface area contributed by atoms with Crippen molar-refractivity contribution in [3.05, 3.63) is 23.9 Å². The third-order valence-electron chi connectivity index (χ3n) is 4.98. The maximum Gasteiger partial charge on any atom is 0.255 e. The SMILES string of the molecule is COc1ccc(C(=O)N2CCC[C@H](S(=O)(=O)NC3CCCC3)C2)cn1. The van der Waals surface area contributed by atoms with Gasteiger partial charge in [-0.2, -0.15) is 0 Å². The fraction of sp³-hybridized carbons (Fsp3) is 0.647. The van der Waals surface area contributed by atoms with Crippen LogP contribution in [0.5, 0.6) is 5.88 Å². The number of methoxy groups -OCH3 is 1. The molecule has 2 heterocycles. The van der Waals surface area contributed by atoms with Crippen molar-refractivity contribution in [2.45, 2.75) is 49.8 Å². The lowest BCUT2D eigenvalue weighted by molar-refractivity contribution is 0.0726. The van der Waals surface area contributed by atoms with Crippen molar-refractivity contribution in [1.82, 2.24) is 14.6 Å². The van der Waals surface area contributed by atoms with Crippen molar-refractivity contribution in [2.75, 3.05) is 20.2 Å². The summed E-state index contributed by atoms with van der Waals surface area (Å²) in [7, 11) is -1.89. The molecule has 0 radical (unpaired) electrons. The molecule has 1 aromatic heterocycles. The Morgan fingerprint density at radius 3 is 2.64 bits per heavy atom. The molecule has 1 amide bonds. The Morgan fingerprint density at radius 2 is 2.00 bits per heavy atom. The van der Waals surface area contributed by atoms with Crippen LogP contribution in [-0.4, -0.2) is 55.7 Å². The molecule has 138 valence electrons. The van der Waals surface area contributed by atoms with Gasteiger partial charge >= 0.3 is 0 Å². The predicted octanol–water partition coefficient (Wildman–Crippen LogP) is 1.56. The van der Waals surface area contributed by atoms with Gasteiger partial charge in [0, 0.05) is 31.4 Å². The number of likely N-dealkylation sites (tertiary alicyclic amines) is 1. The number of hydrogen-bond acceptors (Lipinski definition) is 5. The molecule has 1 N–H and O–H groups in total. The van der Waals surface area contributed by atoms with Gasteiger partial charge in [-0.15, -0.1) is 0 Å². The molecular formula is C17H25N3O4S. The first-order chi connectivity index (χ1) is 12.0. The van der Waals surface area contributed by atoms with Crippen LogP contribution in [-0.2, 0) is 10.0 Å². The van der Waals surface area contributed by atoms with Gasteiger partial charge in [0.1, 0.15) is 0 Å². The average Bonchev–Trinajstić information content (AvgIpc) is 3.13. The van der Waals surface area contributed by atoms with Crippen LogP contribution in [0.3, 0.4) is 0 Å². The molecule has 1 saturated carbocycles. The van der Waals surface area contributed by atoms with E-state index in [1.54, 1.807) is 17.0 Å². The number of amides is 1. The van der Waals surface area contributed by atoms with Crippen molar-refractivity contribution in [3.63, 3.8) is 0 Å². The highest BCUT2D eigenvalue weighted by atomic mass is 32.2. The largest absolute Gasteiger partial charge is 0.481 e. The lowest BCUT2D eigenvalue weighted by Crippen LogP contribution is -2.49. The van der Waals surface area contributed by atoms with Crippen molar-refractivity contribution in [3.8, 4) is 5.88 Å². The highest BCUT2D eigenvalue weighted by molar-refractivity contribution is 7.90. The minimum absolute atomic E-state index is 0.0573. The Kier molecular flexibility index (Phi) is 5.58. The van der Waals surface area contributed by atoms with E-state index in [9.17, 15) is 13.2 Å². The lowest BCUT2D eigenvalue weighted by Gasteiger charge is -2.33. The van der Waals surface area contributed by atoms with Gasteiger partial charge in [-0.1, -0.05) is 12.8 Å². The number of pyridine rings is 1. The molecule has 25 heavy (non-hydrogen) atoms. The first-order valence-electron chi connectivity index (χ1n) is 8.80. The molecule has 0 spiro atoms. The van der Waals surface area contributed by atoms with E-state index in [1.165, 1.54) is 13.3 Å². The van der Waals surface area contributed by atoms with Gasteiger partial charge in [0.15, 0.2) is 0 Å². The molecule has 1 aliphatic heterocycles. The van der Waals surface area contributed by atoms with E-state index < -0.39 is 15.3 Å². The summed E-state index contributed by atoms with van der Waals surface area (Å²) in [6.45, 7) is 0.799. The second-order valence-corrected chi connectivity index (χ2v) is 8.74. The zero-order chi connectivity index (χ0) is 17.9. The van der Waals surface area contributed by atoms with Crippen molar-refractivity contribution >= 4 is 15.9 Å². The summed E-state index contributed by atoms with van der Waals surface area (Å²) >= 11 is 0. The second-order valence-electron chi connectivity index (χ2n) is 6.75. The van der Waals surface area contributed by atoms with Gasteiger partial charge in [0.2, 0.25) is 15.9 Å². The molecule has 7 nitrogen and oxygen atoms in total. The molecule has 0 unspecified atom stereocenters. The van der Waals surface area contributed by atoms with Gasteiger partial charge in [-0.25, -0.2) is 18.1 Å². The van der Waals surface area contributed by atoms with Crippen LogP contribution in [0.15, 0.2) is 18.3 Å². The second kappa shape index (κ2) is 7.70. The van der Waals surface area contributed by atoms with E-state index >= 15 is 0 Å². The summed E-state index contributed by atoms with van der Waals surface area (Å²) < 4.78 is 33.1. The van der Waals surface area contributed by atoms with E-state index in [0.29, 0.717) is 30.8 Å². The standard InChI is InChI=1S/C17H25N3O4S/c1-24-16-9-8-13(11-18-16)17(21)20-10-4-7-15(12-20)25(22,23)19-14-5-2-3-6-14/h8-9,11,14-15,19H,2-7,10,12H2,1H3/t15-/m0/s1. The summed E-state index contributed by atoms with van der Waals surface area (Å²) in [5.41, 5.74) is 0.447. The normalized spacial score (nSPS) is 22.1. The summed E-state index contributed by atoms with van der Waals surface area (Å²) in [5.74, 6) is 0.257. The number of hydrogen-bond donors (Lipinski definition) is 1. The van der Waals surface area contributed by atoms with Crippen LogP contribution in [0.2, 0.25) is 0 Å². The zero-order valence-corrected chi connectivity index (χ0v) is 15.3. The number of carbonyl (C=O) groups is 1. The topological polar surface area (TPSA) is 88.6 Å². The highest BCUT2D eigenvalue weighted by Gasteiger charge is 2.34. The Balaban J connectivity index is 1.66. The number of nitrogens with one attached hydrogen (secondary N) is 1. The Labute approximate surface area is 148 Å². The van der Waals surface area contributed by atoms with Crippen LogP contribution in [0.1, 0.15) is 48.9 Å². The first kappa shape index (κ1) is 18.1. The Bertz CT molecular complexity index is 699. The molecular weight excluding hydrogens is 342 g/mol. The molecule has 1 atom stereocenters. The van der Waals surface area contributed by atoms with E-state index in [1.807, 2.05) is 0 Å². The number of carbonyl (C=O) groups excluding carboxylic acids is 1. The van der Waals surface area contributed by atoms with E-state index in [4.69, 9.17) is 4.74 Å². The molecule has 0 bridgehead atoms. The average molecular weight is 367 g/mol. The summed E-state index contributed by atoms with van der Waals surface area (Å²) in [5, 5.41) is -0.544. The molecule has 2 fully saturated rings. The maximum absolute atomic E-state index is 12.7. The molecule has 8 heteroatoms. The van der Waals surface area contributed by atoms with Crippen molar-refractivity contribution < 1.29 is 17.9 Å². The van der Waals surface area contributed by atoms with Crippen LogP contribution >= 0.6 is 0 Å². The zero-order valence-electron chi connectivity index (χ0n) is 14.5. The number of piperidine rings is 1. The minimum Gasteiger partial charge on any atom is -0.481 e. The third-order valence-corrected chi connectivity index (χ3v) is 6.91. The number of rotatable bonds is 5. The van der Waals surface area contributed by atoms with Gasteiger partial charge < -0.3 is 9.64 Å².